The van der Waals surface area contributed by atoms with E-state index in [1.165, 1.54) is 29.2 Å². The average molecular weight is 611 g/mol. The number of nitrogens with zero attached hydrogens (tertiary/aromatic N) is 2. The molecule has 2 amide bonds. The van der Waals surface area contributed by atoms with E-state index in [-0.39, 0.29) is 23.4 Å². The second kappa shape index (κ2) is 13.0. The summed E-state index contributed by atoms with van der Waals surface area (Å²) < 4.78 is 28.6. The molecular formula is C28H30Cl3N3O4S. The van der Waals surface area contributed by atoms with E-state index in [0.29, 0.717) is 26.3 Å². The Kier molecular flexibility index (Phi) is 10.3. The lowest BCUT2D eigenvalue weighted by Crippen LogP contribution is -2.52. The van der Waals surface area contributed by atoms with E-state index in [1.807, 2.05) is 20.8 Å². The van der Waals surface area contributed by atoms with Gasteiger partial charge in [-0.1, -0.05) is 58.6 Å². The molecule has 1 atom stereocenters. The number of halogens is 3. The number of nitrogens with one attached hydrogen (secondary N) is 1. The average Bonchev–Trinajstić information content (AvgIpc) is 2.86. The second-order valence-corrected chi connectivity index (χ2v) is 12.5. The lowest BCUT2D eigenvalue weighted by Gasteiger charge is -2.32. The van der Waals surface area contributed by atoms with Crippen LogP contribution in [0, 0.1) is 6.92 Å². The first-order valence-corrected chi connectivity index (χ1v) is 14.8. The zero-order valence-electron chi connectivity index (χ0n) is 22.0. The van der Waals surface area contributed by atoms with Crippen LogP contribution in [0.25, 0.3) is 0 Å². The Balaban J connectivity index is 2.04. The van der Waals surface area contributed by atoms with Crippen LogP contribution >= 0.6 is 34.8 Å². The van der Waals surface area contributed by atoms with E-state index in [1.54, 1.807) is 49.4 Å². The Morgan fingerprint density at radius 2 is 1.46 bits per heavy atom. The number of anilines is 1. The summed E-state index contributed by atoms with van der Waals surface area (Å²) in [6.45, 7) is 6.49. The molecule has 0 bridgehead atoms. The zero-order chi connectivity index (χ0) is 28.9. The first-order chi connectivity index (χ1) is 18.3. The molecule has 0 saturated heterocycles. The topological polar surface area (TPSA) is 86.8 Å². The van der Waals surface area contributed by atoms with Crippen LogP contribution in [0.2, 0.25) is 15.1 Å². The van der Waals surface area contributed by atoms with E-state index in [2.05, 4.69) is 5.32 Å². The molecule has 0 aromatic heterocycles. The highest BCUT2D eigenvalue weighted by molar-refractivity contribution is 7.92. The molecule has 0 aliphatic rings. The normalized spacial score (nSPS) is 12.2. The predicted octanol–water partition coefficient (Wildman–Crippen LogP) is 6.09. The van der Waals surface area contributed by atoms with Crippen molar-refractivity contribution in [3.63, 3.8) is 0 Å². The molecule has 7 nitrogen and oxygen atoms in total. The molecule has 39 heavy (non-hydrogen) atoms. The summed E-state index contributed by atoms with van der Waals surface area (Å²) >= 11 is 18.4. The lowest BCUT2D eigenvalue weighted by molar-refractivity contribution is -0.139. The van der Waals surface area contributed by atoms with Gasteiger partial charge in [0.05, 0.1) is 10.6 Å². The fraction of sp³-hybridized carbons (Fsp3) is 0.286. The number of hydrogen-bond donors (Lipinski definition) is 1. The third-order valence-corrected chi connectivity index (χ3v) is 8.58. The highest BCUT2D eigenvalue weighted by Gasteiger charge is 2.33. The molecule has 3 rings (SSSR count). The van der Waals surface area contributed by atoms with Crippen LogP contribution in [0.3, 0.4) is 0 Å². The maximum absolute atomic E-state index is 13.9. The molecule has 208 valence electrons. The fourth-order valence-electron chi connectivity index (χ4n) is 3.79. The molecule has 11 heteroatoms. The van der Waals surface area contributed by atoms with Crippen molar-refractivity contribution in [2.75, 3.05) is 10.8 Å². The van der Waals surface area contributed by atoms with E-state index in [0.717, 1.165) is 9.87 Å². The number of aryl methyl sites for hydroxylation is 1. The van der Waals surface area contributed by atoms with E-state index in [4.69, 9.17) is 34.8 Å². The summed E-state index contributed by atoms with van der Waals surface area (Å²) in [6, 6.07) is 16.2. The second-order valence-electron chi connectivity index (χ2n) is 9.40. The highest BCUT2D eigenvalue weighted by atomic mass is 35.5. The molecule has 3 aromatic carbocycles. The molecule has 1 N–H and O–H groups in total. The van der Waals surface area contributed by atoms with Crippen molar-refractivity contribution in [2.24, 2.45) is 0 Å². The molecule has 0 heterocycles. The molecule has 0 spiro atoms. The smallest absolute Gasteiger partial charge is 0.264 e. The van der Waals surface area contributed by atoms with Crippen LogP contribution in [-0.4, -0.2) is 43.8 Å². The van der Waals surface area contributed by atoms with Gasteiger partial charge in [-0.2, -0.15) is 0 Å². The van der Waals surface area contributed by atoms with Crippen LogP contribution in [-0.2, 0) is 26.2 Å². The van der Waals surface area contributed by atoms with Gasteiger partial charge < -0.3 is 10.2 Å². The monoisotopic (exact) mass is 609 g/mol. The van der Waals surface area contributed by atoms with Crippen LogP contribution in [0.5, 0.6) is 0 Å². The standard InChI is InChI=1S/C28H30Cl3N3O4S/c1-18(2)32-28(36)20(4)33(16-21-7-8-23(30)15-26(21)31)27(35)17-34(24-11-5-19(3)6-12-24)39(37,38)25-13-9-22(29)10-14-25/h5-15,18,20H,16-17H2,1-4H3,(H,32,36)/t20-/m1/s1. The van der Waals surface area contributed by atoms with Gasteiger partial charge in [-0.05, 0) is 81.8 Å². The number of benzene rings is 3. The van der Waals surface area contributed by atoms with Crippen molar-refractivity contribution in [2.45, 2.75) is 51.2 Å². The maximum Gasteiger partial charge on any atom is 0.264 e. The maximum atomic E-state index is 13.9. The zero-order valence-corrected chi connectivity index (χ0v) is 25.1. The van der Waals surface area contributed by atoms with E-state index < -0.39 is 28.5 Å². The minimum atomic E-state index is -4.18. The summed E-state index contributed by atoms with van der Waals surface area (Å²) in [5, 5.41) is 3.93. The number of carbonyl (C=O) groups excluding carboxylic acids is 2. The van der Waals surface area contributed by atoms with Crippen LogP contribution in [0.15, 0.2) is 71.6 Å². The van der Waals surface area contributed by atoms with Gasteiger partial charge in [0.2, 0.25) is 11.8 Å². The Hall–Kier alpha value is -2.78. The molecule has 0 aliphatic heterocycles. The van der Waals surface area contributed by atoms with Gasteiger partial charge in [0, 0.05) is 27.7 Å². The Morgan fingerprint density at radius 3 is 2.03 bits per heavy atom. The molecule has 0 saturated carbocycles. The summed E-state index contributed by atoms with van der Waals surface area (Å²) in [7, 11) is -4.18. The quantitative estimate of drug-likeness (QED) is 0.301. The number of rotatable bonds is 10. The van der Waals surface area contributed by atoms with Gasteiger partial charge in [-0.15, -0.1) is 0 Å². The number of carbonyl (C=O) groups is 2. The fourth-order valence-corrected chi connectivity index (χ4v) is 5.80. The number of amides is 2. The van der Waals surface area contributed by atoms with Crippen molar-refractivity contribution >= 4 is 62.3 Å². The molecule has 0 radical (unpaired) electrons. The van der Waals surface area contributed by atoms with Crippen molar-refractivity contribution in [1.29, 1.82) is 0 Å². The van der Waals surface area contributed by atoms with Crippen molar-refractivity contribution in [3.05, 3.63) is 92.9 Å². The van der Waals surface area contributed by atoms with Crippen molar-refractivity contribution < 1.29 is 18.0 Å². The molecule has 0 fully saturated rings. The van der Waals surface area contributed by atoms with E-state index in [9.17, 15) is 18.0 Å². The number of sulfonamides is 1. The number of hydrogen-bond acceptors (Lipinski definition) is 4. The Labute approximate surface area is 244 Å². The molecule has 0 unspecified atom stereocenters. The SMILES string of the molecule is Cc1ccc(N(CC(=O)N(Cc2ccc(Cl)cc2Cl)[C@H](C)C(=O)NC(C)C)S(=O)(=O)c2ccc(Cl)cc2)cc1. The first kappa shape index (κ1) is 30.8. The van der Waals surface area contributed by atoms with Gasteiger partial charge in [0.25, 0.3) is 10.0 Å². The molecule has 0 aliphatic carbocycles. The summed E-state index contributed by atoms with van der Waals surface area (Å²) in [6.07, 6.45) is 0. The van der Waals surface area contributed by atoms with Gasteiger partial charge in [-0.25, -0.2) is 8.42 Å². The Morgan fingerprint density at radius 1 is 0.872 bits per heavy atom. The van der Waals surface area contributed by atoms with Gasteiger partial charge in [-0.3, -0.25) is 13.9 Å². The lowest BCUT2D eigenvalue weighted by atomic mass is 10.1. The van der Waals surface area contributed by atoms with Crippen molar-refractivity contribution in [1.82, 2.24) is 10.2 Å². The predicted molar refractivity (Wildman–Crippen MR) is 157 cm³/mol. The van der Waals surface area contributed by atoms with Crippen molar-refractivity contribution in [3.8, 4) is 0 Å². The summed E-state index contributed by atoms with van der Waals surface area (Å²) in [5.41, 5.74) is 1.78. The third-order valence-electron chi connectivity index (χ3n) is 5.96. The van der Waals surface area contributed by atoms with E-state index >= 15 is 0 Å². The highest BCUT2D eigenvalue weighted by Crippen LogP contribution is 2.27. The third kappa shape index (κ3) is 7.88. The Bertz CT molecular complexity index is 1430. The minimum absolute atomic E-state index is 0.0295. The minimum Gasteiger partial charge on any atom is -0.352 e. The van der Waals surface area contributed by atoms with Crippen LogP contribution in [0.4, 0.5) is 5.69 Å². The molecule has 3 aromatic rings. The largest absolute Gasteiger partial charge is 0.352 e. The van der Waals surface area contributed by atoms with Gasteiger partial charge >= 0.3 is 0 Å². The van der Waals surface area contributed by atoms with Gasteiger partial charge in [0.1, 0.15) is 12.6 Å². The summed E-state index contributed by atoms with van der Waals surface area (Å²) in [4.78, 5) is 28.1. The van der Waals surface area contributed by atoms with Crippen LogP contribution in [0.1, 0.15) is 31.9 Å². The summed E-state index contributed by atoms with van der Waals surface area (Å²) in [5.74, 6) is -0.976. The van der Waals surface area contributed by atoms with Gasteiger partial charge in [0.15, 0.2) is 0 Å². The molecular weight excluding hydrogens is 581 g/mol. The first-order valence-electron chi connectivity index (χ1n) is 12.2. The van der Waals surface area contributed by atoms with Crippen LogP contribution < -0.4 is 9.62 Å².